The number of carbonyl (C=O) groups is 1. The number of carbonyl (C=O) groups excluding carboxylic acids is 1. The number of nitriles is 1. The molecule has 0 spiro atoms. The van der Waals surface area contributed by atoms with Gasteiger partial charge in [0.2, 0.25) is 0 Å². The maximum atomic E-state index is 12.1. The van der Waals surface area contributed by atoms with E-state index in [9.17, 15) is 4.79 Å². The van der Waals surface area contributed by atoms with Gasteiger partial charge in [0.25, 0.3) is 0 Å². The van der Waals surface area contributed by atoms with Crippen LogP contribution in [0.1, 0.15) is 19.4 Å². The summed E-state index contributed by atoms with van der Waals surface area (Å²) in [6.45, 7) is 4.27. The van der Waals surface area contributed by atoms with E-state index < -0.39 is 5.97 Å². The standard InChI is InChI=1S/C19H19NO5/c1-3-22-15-7-5-6-8-16(15)24-13-19(21)25-17-10-9-14(12-20)11-18(17)23-4-2/h5-11H,3-4,13H2,1-2H3. The fourth-order valence-electron chi connectivity index (χ4n) is 2.06. The Kier molecular flexibility index (Phi) is 6.66. The minimum atomic E-state index is -0.586. The Morgan fingerprint density at radius 2 is 1.56 bits per heavy atom. The van der Waals surface area contributed by atoms with Crippen LogP contribution in [0.5, 0.6) is 23.0 Å². The van der Waals surface area contributed by atoms with Gasteiger partial charge in [-0.25, -0.2) is 4.79 Å². The van der Waals surface area contributed by atoms with Gasteiger partial charge in [0.1, 0.15) is 0 Å². The summed E-state index contributed by atoms with van der Waals surface area (Å²) in [4.78, 5) is 12.1. The highest BCUT2D eigenvalue weighted by atomic mass is 16.6. The molecule has 25 heavy (non-hydrogen) atoms. The Balaban J connectivity index is 2.02. The summed E-state index contributed by atoms with van der Waals surface area (Å²) in [5.41, 5.74) is 0.421. The Hall–Kier alpha value is -3.20. The molecule has 0 radical (unpaired) electrons. The Morgan fingerprint density at radius 1 is 0.920 bits per heavy atom. The van der Waals surface area contributed by atoms with Gasteiger partial charge in [-0.05, 0) is 38.1 Å². The van der Waals surface area contributed by atoms with Gasteiger partial charge >= 0.3 is 5.97 Å². The number of nitrogens with zero attached hydrogens (tertiary/aromatic N) is 1. The Labute approximate surface area is 146 Å². The summed E-state index contributed by atoms with van der Waals surface area (Å²) in [6, 6.07) is 13.7. The molecular weight excluding hydrogens is 322 g/mol. The summed E-state index contributed by atoms with van der Waals surface area (Å²) >= 11 is 0. The molecule has 6 heteroatoms. The van der Waals surface area contributed by atoms with Crippen molar-refractivity contribution in [1.82, 2.24) is 0 Å². The van der Waals surface area contributed by atoms with Crippen molar-refractivity contribution in [3.8, 4) is 29.1 Å². The van der Waals surface area contributed by atoms with Crippen molar-refractivity contribution in [2.45, 2.75) is 13.8 Å². The zero-order valence-corrected chi connectivity index (χ0v) is 14.2. The van der Waals surface area contributed by atoms with Crippen molar-refractivity contribution in [2.75, 3.05) is 19.8 Å². The van der Waals surface area contributed by atoms with E-state index in [1.807, 2.05) is 19.1 Å². The van der Waals surface area contributed by atoms with E-state index in [4.69, 9.17) is 24.2 Å². The Bertz CT molecular complexity index is 767. The van der Waals surface area contributed by atoms with Gasteiger partial charge in [0, 0.05) is 6.07 Å². The van der Waals surface area contributed by atoms with E-state index in [-0.39, 0.29) is 12.4 Å². The maximum Gasteiger partial charge on any atom is 0.349 e. The topological polar surface area (TPSA) is 77.8 Å². The number of hydrogen-bond donors (Lipinski definition) is 0. The molecule has 0 bridgehead atoms. The second-order valence-electron chi connectivity index (χ2n) is 4.85. The first-order chi connectivity index (χ1) is 12.2. The predicted octanol–water partition coefficient (Wildman–Crippen LogP) is 3.34. The highest BCUT2D eigenvalue weighted by Gasteiger charge is 2.13. The van der Waals surface area contributed by atoms with Gasteiger partial charge in [0.05, 0.1) is 24.8 Å². The number of para-hydroxylation sites is 2. The third-order valence-corrected chi connectivity index (χ3v) is 3.09. The molecule has 2 aromatic carbocycles. The van der Waals surface area contributed by atoms with Crippen LogP contribution in [0.4, 0.5) is 0 Å². The molecule has 0 saturated carbocycles. The van der Waals surface area contributed by atoms with Gasteiger partial charge < -0.3 is 18.9 Å². The summed E-state index contributed by atoms with van der Waals surface area (Å²) in [5, 5.41) is 8.94. The molecule has 0 fully saturated rings. The highest BCUT2D eigenvalue weighted by Crippen LogP contribution is 2.29. The van der Waals surface area contributed by atoms with Crippen molar-refractivity contribution in [1.29, 1.82) is 5.26 Å². The van der Waals surface area contributed by atoms with Crippen LogP contribution >= 0.6 is 0 Å². The lowest BCUT2D eigenvalue weighted by Gasteiger charge is -2.13. The SMILES string of the molecule is CCOc1ccccc1OCC(=O)Oc1ccc(C#N)cc1OCC. The molecule has 0 aliphatic rings. The molecule has 130 valence electrons. The summed E-state index contributed by atoms with van der Waals surface area (Å²) in [7, 11) is 0. The van der Waals surface area contributed by atoms with Crippen LogP contribution in [0.2, 0.25) is 0 Å². The molecule has 0 saturated heterocycles. The normalized spacial score (nSPS) is 9.80. The molecule has 6 nitrogen and oxygen atoms in total. The number of hydrogen-bond acceptors (Lipinski definition) is 6. The van der Waals surface area contributed by atoms with Gasteiger partial charge in [-0.1, -0.05) is 12.1 Å². The molecule has 0 N–H and O–H groups in total. The first-order valence-electron chi connectivity index (χ1n) is 7.90. The minimum absolute atomic E-state index is 0.243. The van der Waals surface area contributed by atoms with Gasteiger partial charge in [-0.2, -0.15) is 5.26 Å². The van der Waals surface area contributed by atoms with Crippen LogP contribution in [-0.2, 0) is 4.79 Å². The van der Waals surface area contributed by atoms with Gasteiger partial charge in [0.15, 0.2) is 29.6 Å². The zero-order chi connectivity index (χ0) is 18.1. The molecule has 0 aromatic heterocycles. The van der Waals surface area contributed by atoms with E-state index >= 15 is 0 Å². The first-order valence-corrected chi connectivity index (χ1v) is 7.90. The van der Waals surface area contributed by atoms with Crippen LogP contribution in [0.25, 0.3) is 0 Å². The van der Waals surface area contributed by atoms with E-state index in [1.54, 1.807) is 31.2 Å². The van der Waals surface area contributed by atoms with Gasteiger partial charge in [-0.15, -0.1) is 0 Å². The van der Waals surface area contributed by atoms with Crippen molar-refractivity contribution >= 4 is 5.97 Å². The van der Waals surface area contributed by atoms with Crippen LogP contribution in [0.3, 0.4) is 0 Å². The zero-order valence-electron chi connectivity index (χ0n) is 14.2. The van der Waals surface area contributed by atoms with E-state index in [0.29, 0.717) is 36.0 Å². The number of ether oxygens (including phenoxy) is 4. The van der Waals surface area contributed by atoms with Crippen LogP contribution < -0.4 is 18.9 Å². The lowest BCUT2D eigenvalue weighted by atomic mass is 10.2. The maximum absolute atomic E-state index is 12.1. The molecule has 2 aromatic rings. The second-order valence-corrected chi connectivity index (χ2v) is 4.85. The van der Waals surface area contributed by atoms with E-state index in [2.05, 4.69) is 0 Å². The van der Waals surface area contributed by atoms with Crippen LogP contribution in [0, 0.1) is 11.3 Å². The number of esters is 1. The fraction of sp³-hybridized carbons (Fsp3) is 0.263. The van der Waals surface area contributed by atoms with E-state index in [1.165, 1.54) is 12.1 Å². The quantitative estimate of drug-likeness (QED) is 0.541. The second kappa shape index (κ2) is 9.18. The smallest absolute Gasteiger partial charge is 0.349 e. The summed E-state index contributed by atoms with van der Waals surface area (Å²) in [5.74, 6) is 1.02. The summed E-state index contributed by atoms with van der Waals surface area (Å²) in [6.07, 6.45) is 0. The van der Waals surface area contributed by atoms with E-state index in [0.717, 1.165) is 0 Å². The highest BCUT2D eigenvalue weighted by molar-refractivity contribution is 5.75. The van der Waals surface area contributed by atoms with Crippen molar-refractivity contribution < 1.29 is 23.7 Å². The molecule has 0 aliphatic carbocycles. The molecule has 0 heterocycles. The lowest BCUT2D eigenvalue weighted by molar-refractivity contribution is -0.136. The molecule has 0 atom stereocenters. The lowest BCUT2D eigenvalue weighted by Crippen LogP contribution is -2.18. The first kappa shape index (κ1) is 18.1. The number of rotatable bonds is 8. The van der Waals surface area contributed by atoms with Crippen molar-refractivity contribution in [2.24, 2.45) is 0 Å². The van der Waals surface area contributed by atoms with Crippen molar-refractivity contribution in [3.63, 3.8) is 0 Å². The van der Waals surface area contributed by atoms with Crippen molar-refractivity contribution in [3.05, 3.63) is 48.0 Å². The fourth-order valence-corrected chi connectivity index (χ4v) is 2.06. The minimum Gasteiger partial charge on any atom is -0.490 e. The average molecular weight is 341 g/mol. The molecule has 2 rings (SSSR count). The van der Waals surface area contributed by atoms with Crippen LogP contribution in [-0.4, -0.2) is 25.8 Å². The molecule has 0 aliphatic heterocycles. The van der Waals surface area contributed by atoms with Crippen LogP contribution in [0.15, 0.2) is 42.5 Å². The summed E-state index contributed by atoms with van der Waals surface area (Å²) < 4.78 is 21.6. The third kappa shape index (κ3) is 5.15. The molecule has 0 amide bonds. The average Bonchev–Trinajstić information content (AvgIpc) is 2.63. The third-order valence-electron chi connectivity index (χ3n) is 3.09. The predicted molar refractivity (Wildman–Crippen MR) is 91.1 cm³/mol. The molecular formula is C19H19NO5. The monoisotopic (exact) mass is 341 g/mol. The largest absolute Gasteiger partial charge is 0.490 e. The number of benzene rings is 2. The molecule has 0 unspecified atom stereocenters. The Morgan fingerprint density at radius 3 is 2.20 bits per heavy atom. The van der Waals surface area contributed by atoms with Gasteiger partial charge in [-0.3, -0.25) is 0 Å².